The van der Waals surface area contributed by atoms with Crippen molar-refractivity contribution in [2.45, 2.75) is 45.2 Å². The number of carbonyl (C=O) groups excluding carboxylic acids is 2. The maximum atomic E-state index is 15.0. The van der Waals surface area contributed by atoms with Gasteiger partial charge in [0.25, 0.3) is 5.91 Å². The molecule has 13 nitrogen and oxygen atoms in total. The molecule has 198 valence electrons. The zero-order valence-electron chi connectivity index (χ0n) is 20.7. The monoisotopic (exact) mass is 516 g/mol. The number of carbonyl (C=O) groups is 2. The molecule has 2 aliphatic rings. The summed E-state index contributed by atoms with van der Waals surface area (Å²) in [6.45, 7) is 7.32. The van der Waals surface area contributed by atoms with Crippen LogP contribution in [0.3, 0.4) is 0 Å². The number of aryl methyl sites for hydroxylation is 1. The molecule has 0 aliphatic carbocycles. The van der Waals surface area contributed by atoms with Crippen molar-refractivity contribution in [2.75, 3.05) is 38.2 Å². The van der Waals surface area contributed by atoms with Crippen molar-refractivity contribution in [2.24, 2.45) is 0 Å². The third-order valence-electron chi connectivity index (χ3n) is 5.99. The average Bonchev–Trinajstić information content (AvgIpc) is 3.58. The number of fused-ring (bicyclic) bond motifs is 1. The Labute approximate surface area is 211 Å². The SMILES string of the molecule is Cc1cn2nc(C(=O)N3CCOCC3)cc2c(Nc2cc([C@@H]3OC[C@H](OC(=O)NC(C)C)[C@H]3F)[nH]n2)n1. The molecule has 0 spiro atoms. The molecule has 0 radical (unpaired) electrons. The van der Waals surface area contributed by atoms with Gasteiger partial charge < -0.3 is 29.7 Å². The van der Waals surface area contributed by atoms with E-state index in [9.17, 15) is 14.0 Å². The fourth-order valence-corrected chi connectivity index (χ4v) is 4.25. The zero-order chi connectivity index (χ0) is 26.1. The number of amides is 2. The zero-order valence-corrected chi connectivity index (χ0v) is 20.7. The second-order valence-corrected chi connectivity index (χ2v) is 9.27. The van der Waals surface area contributed by atoms with Crippen molar-refractivity contribution in [3.05, 3.63) is 35.4 Å². The van der Waals surface area contributed by atoms with Gasteiger partial charge in [-0.25, -0.2) is 18.7 Å². The number of nitrogens with zero attached hydrogens (tertiary/aromatic N) is 5. The first-order valence-electron chi connectivity index (χ1n) is 12.1. The van der Waals surface area contributed by atoms with Crippen molar-refractivity contribution >= 4 is 29.2 Å². The molecule has 0 bridgehead atoms. The van der Waals surface area contributed by atoms with Gasteiger partial charge in [-0.15, -0.1) is 0 Å². The first-order chi connectivity index (χ1) is 17.8. The molecule has 2 aliphatic heterocycles. The highest BCUT2D eigenvalue weighted by molar-refractivity contribution is 5.94. The Morgan fingerprint density at radius 1 is 1.27 bits per heavy atom. The lowest BCUT2D eigenvalue weighted by Crippen LogP contribution is -2.40. The maximum Gasteiger partial charge on any atom is 0.407 e. The molecule has 3 aromatic rings. The number of hydrogen-bond acceptors (Lipinski definition) is 9. The summed E-state index contributed by atoms with van der Waals surface area (Å²) in [6.07, 6.45) is -2.55. The van der Waals surface area contributed by atoms with E-state index in [2.05, 4.69) is 30.9 Å². The van der Waals surface area contributed by atoms with Crippen LogP contribution >= 0.6 is 0 Å². The van der Waals surface area contributed by atoms with Gasteiger partial charge in [-0.05, 0) is 20.8 Å². The lowest BCUT2D eigenvalue weighted by molar-refractivity contribution is 0.0299. The Morgan fingerprint density at radius 2 is 2.05 bits per heavy atom. The number of aromatic nitrogens is 5. The molecule has 0 aromatic carbocycles. The van der Waals surface area contributed by atoms with Crippen molar-refractivity contribution in [3.8, 4) is 0 Å². The summed E-state index contributed by atoms with van der Waals surface area (Å²) in [5, 5.41) is 17.1. The van der Waals surface area contributed by atoms with Crippen LogP contribution < -0.4 is 10.6 Å². The highest BCUT2D eigenvalue weighted by Gasteiger charge is 2.42. The van der Waals surface area contributed by atoms with Gasteiger partial charge in [0, 0.05) is 31.3 Å². The molecule has 37 heavy (non-hydrogen) atoms. The van der Waals surface area contributed by atoms with Gasteiger partial charge in [0.1, 0.15) is 11.6 Å². The van der Waals surface area contributed by atoms with Crippen molar-refractivity contribution in [1.82, 2.24) is 35.0 Å². The second kappa shape index (κ2) is 10.3. The molecule has 3 aromatic heterocycles. The van der Waals surface area contributed by atoms with E-state index in [4.69, 9.17) is 14.2 Å². The minimum Gasteiger partial charge on any atom is -0.441 e. The predicted molar refractivity (Wildman–Crippen MR) is 128 cm³/mol. The van der Waals surface area contributed by atoms with E-state index in [1.54, 1.807) is 48.5 Å². The summed E-state index contributed by atoms with van der Waals surface area (Å²) >= 11 is 0. The van der Waals surface area contributed by atoms with Crippen molar-refractivity contribution < 1.29 is 28.2 Å². The van der Waals surface area contributed by atoms with Crippen LogP contribution in [0.4, 0.5) is 20.8 Å². The molecular weight excluding hydrogens is 487 g/mol. The predicted octanol–water partition coefficient (Wildman–Crippen LogP) is 1.89. The number of anilines is 2. The molecule has 5 heterocycles. The van der Waals surface area contributed by atoms with Crippen LogP contribution in [0.5, 0.6) is 0 Å². The highest BCUT2D eigenvalue weighted by Crippen LogP contribution is 2.34. The Morgan fingerprint density at radius 3 is 2.81 bits per heavy atom. The normalized spacial score (nSPS) is 22.0. The first kappa shape index (κ1) is 24.9. The molecule has 2 fully saturated rings. The van der Waals surface area contributed by atoms with Gasteiger partial charge in [0.05, 0.1) is 37.4 Å². The van der Waals surface area contributed by atoms with E-state index in [1.807, 2.05) is 0 Å². The Balaban J connectivity index is 1.30. The van der Waals surface area contributed by atoms with E-state index in [0.717, 1.165) is 0 Å². The molecule has 14 heteroatoms. The van der Waals surface area contributed by atoms with Crippen LogP contribution in [0, 0.1) is 6.92 Å². The minimum atomic E-state index is -1.57. The molecule has 3 N–H and O–H groups in total. The number of halogens is 1. The Bertz CT molecular complexity index is 1290. The summed E-state index contributed by atoms with van der Waals surface area (Å²) < 4.78 is 32.6. The lowest BCUT2D eigenvalue weighted by atomic mass is 10.1. The fourth-order valence-electron chi connectivity index (χ4n) is 4.25. The number of ether oxygens (including phenoxy) is 3. The number of nitrogens with one attached hydrogen (secondary N) is 3. The third kappa shape index (κ3) is 5.34. The van der Waals surface area contributed by atoms with E-state index in [0.29, 0.717) is 60.5 Å². The van der Waals surface area contributed by atoms with Crippen LogP contribution in [-0.4, -0.2) is 92.9 Å². The van der Waals surface area contributed by atoms with Gasteiger partial charge in [0.15, 0.2) is 29.6 Å². The quantitative estimate of drug-likeness (QED) is 0.447. The van der Waals surface area contributed by atoms with Gasteiger partial charge >= 0.3 is 6.09 Å². The number of aromatic amines is 1. The number of hydrogen-bond donors (Lipinski definition) is 3. The Hall–Kier alpha value is -3.78. The van der Waals surface area contributed by atoms with Crippen LogP contribution in [0.15, 0.2) is 18.3 Å². The van der Waals surface area contributed by atoms with Crippen LogP contribution in [-0.2, 0) is 14.2 Å². The number of alkyl carbamates (subject to hydrolysis) is 1. The number of H-pyrrole nitrogens is 1. The molecule has 2 amide bonds. The summed E-state index contributed by atoms with van der Waals surface area (Å²) in [4.78, 5) is 31.0. The van der Waals surface area contributed by atoms with Gasteiger partial charge in [-0.3, -0.25) is 9.89 Å². The van der Waals surface area contributed by atoms with Crippen LogP contribution in [0.25, 0.3) is 5.52 Å². The number of morpholine rings is 1. The van der Waals surface area contributed by atoms with Crippen LogP contribution in [0.1, 0.15) is 41.8 Å². The molecule has 2 saturated heterocycles. The number of rotatable bonds is 6. The number of alkyl halides is 1. The van der Waals surface area contributed by atoms with E-state index in [1.165, 1.54) is 0 Å². The summed E-state index contributed by atoms with van der Waals surface area (Å²) in [6, 6.07) is 3.14. The van der Waals surface area contributed by atoms with E-state index < -0.39 is 24.5 Å². The average molecular weight is 517 g/mol. The Kier molecular flexibility index (Phi) is 6.93. The van der Waals surface area contributed by atoms with Gasteiger partial charge in [-0.2, -0.15) is 10.2 Å². The van der Waals surface area contributed by atoms with Crippen molar-refractivity contribution in [1.29, 1.82) is 0 Å². The molecular formula is C23H29FN8O5. The van der Waals surface area contributed by atoms with Crippen molar-refractivity contribution in [3.63, 3.8) is 0 Å². The molecule has 0 unspecified atom stereocenters. The standard InChI is InChI=1S/C23H29FN8O5/c1-12(2)25-23(34)37-17-11-36-20(19(17)24)14-9-18(29-28-14)27-21-16-8-15(30-32(16)10-13(3)26-21)22(33)31-4-6-35-7-5-31/h8-10,12,17,19-20H,4-7,11H2,1-3H3,(H,25,34)(H2,26,27,28,29)/t17-,19+,20-/m0/s1. The molecule has 0 saturated carbocycles. The molecule has 5 rings (SSSR count). The minimum absolute atomic E-state index is 0.0744. The third-order valence-corrected chi connectivity index (χ3v) is 5.99. The van der Waals surface area contributed by atoms with E-state index in [-0.39, 0.29) is 18.6 Å². The molecule has 3 atom stereocenters. The summed E-state index contributed by atoms with van der Waals surface area (Å²) in [7, 11) is 0. The van der Waals surface area contributed by atoms with Crippen LogP contribution in [0.2, 0.25) is 0 Å². The van der Waals surface area contributed by atoms with Gasteiger partial charge in [0.2, 0.25) is 0 Å². The maximum absolute atomic E-state index is 15.0. The largest absolute Gasteiger partial charge is 0.441 e. The first-order valence-corrected chi connectivity index (χ1v) is 12.1. The lowest BCUT2D eigenvalue weighted by Gasteiger charge is -2.25. The van der Waals surface area contributed by atoms with E-state index >= 15 is 0 Å². The van der Waals surface area contributed by atoms with Gasteiger partial charge in [-0.1, -0.05) is 0 Å². The topological polar surface area (TPSA) is 148 Å². The smallest absolute Gasteiger partial charge is 0.407 e. The highest BCUT2D eigenvalue weighted by atomic mass is 19.1. The fraction of sp³-hybridized carbons (Fsp3) is 0.522. The second-order valence-electron chi connectivity index (χ2n) is 9.27. The summed E-state index contributed by atoms with van der Waals surface area (Å²) in [5.74, 6) is 0.626. The summed E-state index contributed by atoms with van der Waals surface area (Å²) in [5.41, 5.74) is 1.93.